The second kappa shape index (κ2) is 10.0. The molecule has 2 unspecified atom stereocenters. The van der Waals surface area contributed by atoms with Crippen LogP contribution in [0.15, 0.2) is 18.2 Å². The number of benzene rings is 1. The van der Waals surface area contributed by atoms with Gasteiger partial charge in [-0.2, -0.15) is 0 Å². The molecule has 1 aromatic carbocycles. The van der Waals surface area contributed by atoms with Crippen LogP contribution in [0.2, 0.25) is 0 Å². The fourth-order valence-electron chi connectivity index (χ4n) is 3.91. The second-order valence-electron chi connectivity index (χ2n) is 7.35. The van der Waals surface area contributed by atoms with Crippen LogP contribution >= 0.6 is 12.4 Å². The Balaban J connectivity index is 0.00000243. The van der Waals surface area contributed by atoms with Crippen molar-refractivity contribution in [1.82, 2.24) is 5.32 Å². The van der Waals surface area contributed by atoms with Crippen LogP contribution in [-0.4, -0.2) is 25.2 Å². The highest BCUT2D eigenvalue weighted by Crippen LogP contribution is 2.32. The topological polar surface area (TPSA) is 73.6 Å². The summed E-state index contributed by atoms with van der Waals surface area (Å²) in [7, 11) is 1.66. The summed E-state index contributed by atoms with van der Waals surface area (Å²) in [4.78, 5) is 12.4. The first-order chi connectivity index (χ1) is 12.2. The van der Waals surface area contributed by atoms with Gasteiger partial charge >= 0.3 is 0 Å². The molecule has 1 aromatic rings. The van der Waals surface area contributed by atoms with E-state index in [4.69, 9.17) is 15.2 Å². The number of carbonyl (C=O) groups excluding carboxylic acids is 1. The standard InChI is InChI=1S/C20H30N2O3.ClH/c1-24-18-10-9-14(11-19(18)25-17-7-2-3-8-17)13-22-20(23)15-5-4-6-16(21)12-15;/h9-11,15-17H,2-8,12-13,21H2,1H3,(H,22,23);1H. The number of carbonyl (C=O) groups is 1. The van der Waals surface area contributed by atoms with Gasteiger partial charge in [0, 0.05) is 18.5 Å². The molecule has 0 saturated heterocycles. The van der Waals surface area contributed by atoms with Crippen molar-refractivity contribution in [1.29, 1.82) is 0 Å². The minimum Gasteiger partial charge on any atom is -0.493 e. The van der Waals surface area contributed by atoms with Crippen LogP contribution in [0, 0.1) is 5.92 Å². The molecule has 3 N–H and O–H groups in total. The zero-order chi connectivity index (χ0) is 17.6. The van der Waals surface area contributed by atoms with Gasteiger partial charge in [-0.15, -0.1) is 12.4 Å². The highest BCUT2D eigenvalue weighted by atomic mass is 35.5. The molecule has 0 aromatic heterocycles. The maximum Gasteiger partial charge on any atom is 0.223 e. The number of halogens is 1. The molecule has 0 aliphatic heterocycles. The van der Waals surface area contributed by atoms with Crippen LogP contribution in [0.3, 0.4) is 0 Å². The molecule has 26 heavy (non-hydrogen) atoms. The molecule has 2 atom stereocenters. The predicted octanol–water partition coefficient (Wildman–Crippen LogP) is 3.57. The summed E-state index contributed by atoms with van der Waals surface area (Å²) in [6.07, 6.45) is 8.76. The maximum atomic E-state index is 12.4. The number of hydrogen-bond acceptors (Lipinski definition) is 4. The Kier molecular flexibility index (Phi) is 8.04. The average molecular weight is 383 g/mol. The molecule has 3 rings (SSSR count). The van der Waals surface area contributed by atoms with Crippen LogP contribution in [0.4, 0.5) is 0 Å². The summed E-state index contributed by atoms with van der Waals surface area (Å²) >= 11 is 0. The molecular formula is C20H31ClN2O3. The monoisotopic (exact) mass is 382 g/mol. The Bertz CT molecular complexity index is 590. The molecule has 6 heteroatoms. The minimum absolute atomic E-state index is 0. The Morgan fingerprint density at radius 2 is 1.92 bits per heavy atom. The molecule has 0 bridgehead atoms. The number of ether oxygens (including phenoxy) is 2. The number of amides is 1. The molecule has 5 nitrogen and oxygen atoms in total. The number of nitrogens with two attached hydrogens (primary N) is 1. The van der Waals surface area contributed by atoms with Gasteiger partial charge in [-0.25, -0.2) is 0 Å². The van der Waals surface area contributed by atoms with Crippen molar-refractivity contribution in [3.8, 4) is 11.5 Å². The van der Waals surface area contributed by atoms with Crippen molar-refractivity contribution < 1.29 is 14.3 Å². The van der Waals surface area contributed by atoms with Gasteiger partial charge in [-0.3, -0.25) is 4.79 Å². The summed E-state index contributed by atoms with van der Waals surface area (Å²) in [6.45, 7) is 0.510. The lowest BCUT2D eigenvalue weighted by molar-refractivity contribution is -0.126. The van der Waals surface area contributed by atoms with Crippen molar-refractivity contribution >= 4 is 18.3 Å². The molecule has 2 aliphatic carbocycles. The highest BCUT2D eigenvalue weighted by molar-refractivity contribution is 5.85. The lowest BCUT2D eigenvalue weighted by Gasteiger charge is -2.25. The lowest BCUT2D eigenvalue weighted by atomic mass is 9.85. The summed E-state index contributed by atoms with van der Waals surface area (Å²) in [5.41, 5.74) is 7.02. The number of methoxy groups -OCH3 is 1. The van der Waals surface area contributed by atoms with E-state index in [-0.39, 0.29) is 36.4 Å². The van der Waals surface area contributed by atoms with Gasteiger partial charge in [-0.05, 0) is 62.6 Å². The van der Waals surface area contributed by atoms with Crippen LogP contribution in [0.1, 0.15) is 56.9 Å². The Labute approximate surface area is 162 Å². The van der Waals surface area contributed by atoms with Crippen molar-refractivity contribution in [3.05, 3.63) is 23.8 Å². The van der Waals surface area contributed by atoms with Crippen molar-refractivity contribution in [3.63, 3.8) is 0 Å². The van der Waals surface area contributed by atoms with Gasteiger partial charge in [-0.1, -0.05) is 12.5 Å². The Morgan fingerprint density at radius 1 is 1.15 bits per heavy atom. The second-order valence-corrected chi connectivity index (χ2v) is 7.35. The average Bonchev–Trinajstić information content (AvgIpc) is 3.13. The summed E-state index contributed by atoms with van der Waals surface area (Å²) < 4.78 is 11.5. The maximum absolute atomic E-state index is 12.4. The number of hydrogen-bond donors (Lipinski definition) is 2. The summed E-state index contributed by atoms with van der Waals surface area (Å²) in [6, 6.07) is 6.05. The van der Waals surface area contributed by atoms with Crippen molar-refractivity contribution in [2.24, 2.45) is 11.7 Å². The van der Waals surface area contributed by atoms with Crippen LogP contribution < -0.4 is 20.5 Å². The van der Waals surface area contributed by atoms with Gasteiger partial charge in [0.2, 0.25) is 5.91 Å². The van der Waals surface area contributed by atoms with E-state index in [1.54, 1.807) is 7.11 Å². The third-order valence-electron chi connectivity index (χ3n) is 5.38. The molecular weight excluding hydrogens is 352 g/mol. The number of rotatable bonds is 6. The van der Waals surface area contributed by atoms with Gasteiger partial charge in [0.05, 0.1) is 13.2 Å². The molecule has 2 fully saturated rings. The molecule has 0 radical (unpaired) electrons. The number of nitrogens with one attached hydrogen (secondary N) is 1. The van der Waals surface area contributed by atoms with Gasteiger partial charge in [0.25, 0.3) is 0 Å². The van der Waals surface area contributed by atoms with Crippen molar-refractivity contribution in [2.45, 2.75) is 70.1 Å². The van der Waals surface area contributed by atoms with Crippen LogP contribution in [0.25, 0.3) is 0 Å². The zero-order valence-electron chi connectivity index (χ0n) is 15.5. The largest absolute Gasteiger partial charge is 0.493 e. The molecule has 0 spiro atoms. The van der Waals surface area contributed by atoms with E-state index in [1.165, 1.54) is 12.8 Å². The van der Waals surface area contributed by atoms with Gasteiger partial charge in [0.15, 0.2) is 11.5 Å². The van der Waals surface area contributed by atoms with E-state index in [2.05, 4.69) is 5.32 Å². The Morgan fingerprint density at radius 3 is 2.62 bits per heavy atom. The first-order valence-corrected chi connectivity index (χ1v) is 9.52. The molecule has 2 saturated carbocycles. The van der Waals surface area contributed by atoms with E-state index < -0.39 is 0 Å². The quantitative estimate of drug-likeness (QED) is 0.788. The highest BCUT2D eigenvalue weighted by Gasteiger charge is 2.25. The third-order valence-corrected chi connectivity index (χ3v) is 5.38. The zero-order valence-corrected chi connectivity index (χ0v) is 16.4. The van der Waals surface area contributed by atoms with Crippen LogP contribution in [-0.2, 0) is 11.3 Å². The Hall–Kier alpha value is -1.46. The predicted molar refractivity (Wildman–Crippen MR) is 105 cm³/mol. The summed E-state index contributed by atoms with van der Waals surface area (Å²) in [5, 5.41) is 3.06. The van der Waals surface area contributed by atoms with E-state index in [1.807, 2.05) is 18.2 Å². The smallest absolute Gasteiger partial charge is 0.223 e. The first-order valence-electron chi connectivity index (χ1n) is 9.52. The molecule has 1 amide bonds. The van der Waals surface area contributed by atoms with Gasteiger partial charge in [0.1, 0.15) is 0 Å². The SMILES string of the molecule is COc1ccc(CNC(=O)C2CCCC(N)C2)cc1OC1CCCC1.Cl. The third kappa shape index (κ3) is 5.52. The fourth-order valence-corrected chi connectivity index (χ4v) is 3.91. The fraction of sp³-hybridized carbons (Fsp3) is 0.650. The normalized spacial score (nSPS) is 23.2. The van der Waals surface area contributed by atoms with E-state index in [9.17, 15) is 4.79 Å². The molecule has 2 aliphatic rings. The first kappa shape index (κ1) is 20.8. The van der Waals surface area contributed by atoms with Gasteiger partial charge < -0.3 is 20.5 Å². The van der Waals surface area contributed by atoms with E-state index >= 15 is 0 Å². The minimum atomic E-state index is 0. The lowest BCUT2D eigenvalue weighted by Crippen LogP contribution is -2.37. The summed E-state index contributed by atoms with van der Waals surface area (Å²) in [5.74, 6) is 1.70. The van der Waals surface area contributed by atoms with Crippen LogP contribution in [0.5, 0.6) is 11.5 Å². The van der Waals surface area contributed by atoms with E-state index in [0.717, 1.165) is 55.6 Å². The van der Waals surface area contributed by atoms with E-state index in [0.29, 0.717) is 6.54 Å². The molecule has 0 heterocycles. The molecule has 146 valence electrons. The van der Waals surface area contributed by atoms with Crippen molar-refractivity contribution in [2.75, 3.05) is 7.11 Å².